The predicted molar refractivity (Wildman–Crippen MR) is 111 cm³/mol. The Hall–Kier alpha value is -2.91. The third-order valence-corrected chi connectivity index (χ3v) is 7.13. The number of aromatic nitrogens is 2. The molecule has 3 aromatic rings. The van der Waals surface area contributed by atoms with Crippen LogP contribution in [0.2, 0.25) is 0 Å². The van der Waals surface area contributed by atoms with E-state index >= 15 is 0 Å². The maximum Gasteiger partial charge on any atom is 0.276 e. The Kier molecular flexibility index (Phi) is 5.74. The topological polar surface area (TPSA) is 108 Å². The first kappa shape index (κ1) is 20.4. The average molecular weight is 429 g/mol. The predicted octanol–water partition coefficient (Wildman–Crippen LogP) is 2.70. The van der Waals surface area contributed by atoms with Gasteiger partial charge < -0.3 is 9.73 Å². The molecule has 8 nitrogen and oxygen atoms in total. The third kappa shape index (κ3) is 4.31. The number of carbonyl (C=O) groups excluding carboxylic acids is 1. The van der Waals surface area contributed by atoms with E-state index < -0.39 is 10.0 Å². The van der Waals surface area contributed by atoms with Gasteiger partial charge >= 0.3 is 0 Å². The van der Waals surface area contributed by atoms with Gasteiger partial charge in [0, 0.05) is 31.7 Å². The lowest BCUT2D eigenvalue weighted by Crippen LogP contribution is -2.42. The van der Waals surface area contributed by atoms with Crippen molar-refractivity contribution in [3.05, 3.63) is 59.8 Å². The minimum absolute atomic E-state index is 0.0350. The Morgan fingerprint density at radius 2 is 1.90 bits per heavy atom. The molecule has 0 spiro atoms. The third-order valence-electron chi connectivity index (χ3n) is 5.35. The van der Waals surface area contributed by atoms with Gasteiger partial charge in [0.25, 0.3) is 10.0 Å². The number of nitrogens with one attached hydrogen (secondary N) is 2. The van der Waals surface area contributed by atoms with Crippen molar-refractivity contribution in [2.24, 2.45) is 5.92 Å². The lowest BCUT2D eigenvalue weighted by Gasteiger charge is -2.29. The summed E-state index contributed by atoms with van der Waals surface area (Å²) < 4.78 is 32.7. The molecular weight excluding hydrogens is 404 g/mol. The fourth-order valence-electron chi connectivity index (χ4n) is 3.52. The molecule has 1 aromatic carbocycles. The summed E-state index contributed by atoms with van der Waals surface area (Å²) in [6.45, 7) is 3.06. The monoisotopic (exact) mass is 428 g/mol. The molecule has 1 aliphatic heterocycles. The van der Waals surface area contributed by atoms with Crippen LogP contribution in [0.15, 0.2) is 58.2 Å². The van der Waals surface area contributed by atoms with E-state index in [-0.39, 0.29) is 30.0 Å². The van der Waals surface area contributed by atoms with E-state index in [9.17, 15) is 13.2 Å². The van der Waals surface area contributed by atoms with E-state index in [1.807, 2.05) is 31.2 Å². The van der Waals surface area contributed by atoms with E-state index in [0.29, 0.717) is 30.8 Å². The highest BCUT2D eigenvalue weighted by atomic mass is 32.2. The smallest absolute Gasteiger partial charge is 0.276 e. The Morgan fingerprint density at radius 1 is 1.17 bits per heavy atom. The van der Waals surface area contributed by atoms with Crippen LogP contribution in [0.25, 0.3) is 11.5 Å². The lowest BCUT2D eigenvalue weighted by molar-refractivity contribution is -0.126. The number of furan rings is 1. The molecule has 9 heteroatoms. The first-order chi connectivity index (χ1) is 14.4. The SMILES string of the molecule is Cc1ccc(CNC(=O)C2CCN(S(=O)(=O)c3ccc(-c4ccn[nH]4)o3)CC2)cc1. The summed E-state index contributed by atoms with van der Waals surface area (Å²) in [6, 6.07) is 12.8. The summed E-state index contributed by atoms with van der Waals surface area (Å²) in [4.78, 5) is 12.5. The van der Waals surface area contributed by atoms with Gasteiger partial charge in [0.2, 0.25) is 11.0 Å². The molecule has 158 valence electrons. The van der Waals surface area contributed by atoms with E-state index in [1.54, 1.807) is 18.3 Å². The molecule has 0 unspecified atom stereocenters. The minimum Gasteiger partial charge on any atom is -0.442 e. The molecular formula is C21H24N4O4S. The van der Waals surface area contributed by atoms with Crippen LogP contribution in [0.5, 0.6) is 0 Å². The van der Waals surface area contributed by atoms with E-state index in [0.717, 1.165) is 5.56 Å². The number of sulfonamides is 1. The number of aromatic amines is 1. The molecule has 3 heterocycles. The second kappa shape index (κ2) is 8.45. The van der Waals surface area contributed by atoms with Crippen molar-refractivity contribution in [3.63, 3.8) is 0 Å². The molecule has 0 aliphatic carbocycles. The number of aryl methyl sites for hydroxylation is 1. The van der Waals surface area contributed by atoms with Gasteiger partial charge in [-0.2, -0.15) is 9.40 Å². The number of rotatable bonds is 6. The lowest BCUT2D eigenvalue weighted by atomic mass is 9.97. The van der Waals surface area contributed by atoms with Gasteiger partial charge in [-0.1, -0.05) is 29.8 Å². The van der Waals surface area contributed by atoms with Crippen molar-refractivity contribution < 1.29 is 17.6 Å². The van der Waals surface area contributed by atoms with Crippen LogP contribution in [-0.4, -0.2) is 41.9 Å². The summed E-state index contributed by atoms with van der Waals surface area (Å²) >= 11 is 0. The standard InChI is InChI=1S/C21H24N4O4S/c1-15-2-4-16(5-3-15)14-22-21(26)17-9-12-25(13-10-17)30(27,28)20-7-6-19(29-20)18-8-11-23-24-18/h2-8,11,17H,9-10,12-14H2,1H3,(H,22,26)(H,23,24). The highest BCUT2D eigenvalue weighted by Crippen LogP contribution is 2.28. The second-order valence-corrected chi connectivity index (χ2v) is 9.34. The molecule has 0 bridgehead atoms. The van der Waals surface area contributed by atoms with E-state index in [4.69, 9.17) is 4.42 Å². The molecule has 30 heavy (non-hydrogen) atoms. The van der Waals surface area contributed by atoms with Crippen molar-refractivity contribution in [3.8, 4) is 11.5 Å². The van der Waals surface area contributed by atoms with Crippen molar-refractivity contribution in [1.29, 1.82) is 0 Å². The Balaban J connectivity index is 1.33. The van der Waals surface area contributed by atoms with Crippen LogP contribution in [0.4, 0.5) is 0 Å². The number of carbonyl (C=O) groups is 1. The van der Waals surface area contributed by atoms with Crippen LogP contribution in [0.1, 0.15) is 24.0 Å². The molecule has 1 fully saturated rings. The van der Waals surface area contributed by atoms with Crippen LogP contribution in [0, 0.1) is 12.8 Å². The maximum atomic E-state index is 12.9. The second-order valence-electron chi connectivity index (χ2n) is 7.47. The molecule has 0 atom stereocenters. The van der Waals surface area contributed by atoms with E-state index in [2.05, 4.69) is 15.5 Å². The first-order valence-corrected chi connectivity index (χ1v) is 11.3. The number of benzene rings is 1. The van der Waals surface area contributed by atoms with Crippen LogP contribution in [0.3, 0.4) is 0 Å². The van der Waals surface area contributed by atoms with Crippen LogP contribution in [-0.2, 0) is 21.4 Å². The van der Waals surface area contributed by atoms with Gasteiger partial charge in [0.15, 0.2) is 5.76 Å². The van der Waals surface area contributed by atoms with E-state index in [1.165, 1.54) is 15.9 Å². The molecule has 2 aromatic heterocycles. The molecule has 2 N–H and O–H groups in total. The van der Waals surface area contributed by atoms with Gasteiger partial charge in [-0.3, -0.25) is 9.89 Å². The normalized spacial score (nSPS) is 15.9. The number of hydrogen-bond acceptors (Lipinski definition) is 5. The fraction of sp³-hybridized carbons (Fsp3) is 0.333. The Bertz CT molecular complexity index is 1100. The molecule has 1 amide bonds. The van der Waals surface area contributed by atoms with Gasteiger partial charge in [-0.25, -0.2) is 8.42 Å². The summed E-state index contributed by atoms with van der Waals surface area (Å²) in [7, 11) is -3.74. The Morgan fingerprint density at radius 3 is 2.57 bits per heavy atom. The molecule has 1 aliphatic rings. The minimum atomic E-state index is -3.74. The van der Waals surface area contributed by atoms with Crippen LogP contribution < -0.4 is 5.32 Å². The highest BCUT2D eigenvalue weighted by Gasteiger charge is 2.34. The zero-order chi connectivity index (χ0) is 21.1. The number of nitrogens with zero attached hydrogens (tertiary/aromatic N) is 2. The van der Waals surface area contributed by atoms with Gasteiger partial charge in [-0.15, -0.1) is 0 Å². The first-order valence-electron chi connectivity index (χ1n) is 9.86. The zero-order valence-electron chi connectivity index (χ0n) is 16.7. The van der Waals surface area contributed by atoms with Crippen molar-refractivity contribution in [2.75, 3.05) is 13.1 Å². The fourth-order valence-corrected chi connectivity index (χ4v) is 4.90. The number of hydrogen-bond donors (Lipinski definition) is 2. The molecule has 0 radical (unpaired) electrons. The molecule has 4 rings (SSSR count). The van der Waals surface area contributed by atoms with Crippen LogP contribution >= 0.6 is 0 Å². The number of piperidine rings is 1. The summed E-state index contributed by atoms with van der Waals surface area (Å²) in [5.74, 6) is 0.183. The number of H-pyrrole nitrogens is 1. The summed E-state index contributed by atoms with van der Waals surface area (Å²) in [5.41, 5.74) is 2.83. The number of amides is 1. The highest BCUT2D eigenvalue weighted by molar-refractivity contribution is 7.89. The van der Waals surface area contributed by atoms with Gasteiger partial charge in [0.05, 0.1) is 0 Å². The van der Waals surface area contributed by atoms with Gasteiger partial charge in [-0.05, 0) is 43.5 Å². The summed E-state index contributed by atoms with van der Waals surface area (Å²) in [5, 5.41) is 9.44. The zero-order valence-corrected chi connectivity index (χ0v) is 17.5. The van der Waals surface area contributed by atoms with Crippen molar-refractivity contribution in [2.45, 2.75) is 31.4 Å². The molecule has 0 saturated carbocycles. The maximum absolute atomic E-state index is 12.9. The quantitative estimate of drug-likeness (QED) is 0.628. The summed E-state index contributed by atoms with van der Waals surface area (Å²) in [6.07, 6.45) is 2.53. The largest absolute Gasteiger partial charge is 0.442 e. The van der Waals surface area contributed by atoms with Crippen molar-refractivity contribution >= 4 is 15.9 Å². The van der Waals surface area contributed by atoms with Gasteiger partial charge in [0.1, 0.15) is 5.69 Å². The molecule has 1 saturated heterocycles. The Labute approximate surface area is 175 Å². The average Bonchev–Trinajstić information content (AvgIpc) is 3.45. The van der Waals surface area contributed by atoms with Crippen molar-refractivity contribution in [1.82, 2.24) is 19.8 Å².